The number of halogens is 1. The molecule has 5 rings (SSSR count). The van der Waals surface area contributed by atoms with Gasteiger partial charge >= 0.3 is 0 Å². The zero-order valence-corrected chi connectivity index (χ0v) is 20.9. The van der Waals surface area contributed by atoms with Crippen LogP contribution in [0.15, 0.2) is 66.2 Å². The Bertz CT molecular complexity index is 1420. The molecule has 1 amide bonds. The van der Waals surface area contributed by atoms with Gasteiger partial charge in [0.05, 0.1) is 30.4 Å². The molecule has 1 unspecified atom stereocenters. The van der Waals surface area contributed by atoms with Gasteiger partial charge in [-0.1, -0.05) is 29.8 Å². The summed E-state index contributed by atoms with van der Waals surface area (Å²) in [6.45, 7) is 3.01. The summed E-state index contributed by atoms with van der Waals surface area (Å²) in [6.07, 6.45) is 0. The summed E-state index contributed by atoms with van der Waals surface area (Å²) in [5, 5.41) is 11.7. The van der Waals surface area contributed by atoms with Gasteiger partial charge in [-0.3, -0.25) is 14.5 Å². The summed E-state index contributed by atoms with van der Waals surface area (Å²) in [5.74, 6) is -0.189. The molecule has 37 heavy (non-hydrogen) atoms. The summed E-state index contributed by atoms with van der Waals surface area (Å²) in [7, 11) is 1.50. The van der Waals surface area contributed by atoms with Crippen molar-refractivity contribution in [1.29, 1.82) is 0 Å². The van der Waals surface area contributed by atoms with E-state index >= 15 is 0 Å². The standard InChI is InChI=1S/C28H24ClNO7/c1-3-35-17-9-10-20(29)19(15-17)26(31)24-25(18-6-4-5-7-21(18)34-2)30(28(33)27(24)32)16-8-11-22-23(14-16)37-13-12-36-22/h4-11,14-15,25,31H,3,12-13H2,1-2H3/b26-24+. The molecule has 1 N–H and O–H groups in total. The van der Waals surface area contributed by atoms with Crippen molar-refractivity contribution in [2.24, 2.45) is 0 Å². The van der Waals surface area contributed by atoms with Crippen molar-refractivity contribution in [3.05, 3.63) is 82.4 Å². The van der Waals surface area contributed by atoms with Crippen LogP contribution in [-0.2, 0) is 9.59 Å². The second kappa shape index (κ2) is 10.1. The van der Waals surface area contributed by atoms with Crippen molar-refractivity contribution in [3.8, 4) is 23.0 Å². The highest BCUT2D eigenvalue weighted by Gasteiger charge is 2.48. The first-order valence-electron chi connectivity index (χ1n) is 11.7. The lowest BCUT2D eigenvalue weighted by Crippen LogP contribution is -2.30. The van der Waals surface area contributed by atoms with E-state index in [9.17, 15) is 14.7 Å². The number of carbonyl (C=O) groups is 2. The molecule has 2 aliphatic heterocycles. The molecule has 2 aliphatic rings. The lowest BCUT2D eigenvalue weighted by Gasteiger charge is -2.28. The summed E-state index contributed by atoms with van der Waals surface area (Å²) < 4.78 is 22.4. The normalized spacial score (nSPS) is 18.1. The zero-order chi connectivity index (χ0) is 26.1. The monoisotopic (exact) mass is 521 g/mol. The Morgan fingerprint density at radius 3 is 2.57 bits per heavy atom. The number of benzene rings is 3. The number of rotatable bonds is 6. The number of anilines is 1. The first-order chi connectivity index (χ1) is 17.9. The fourth-order valence-electron chi connectivity index (χ4n) is 4.55. The molecule has 0 aliphatic carbocycles. The van der Waals surface area contributed by atoms with Gasteiger partial charge in [-0.25, -0.2) is 0 Å². The fraction of sp³-hybridized carbons (Fsp3) is 0.214. The number of hydrogen-bond acceptors (Lipinski definition) is 7. The van der Waals surface area contributed by atoms with E-state index in [1.807, 2.05) is 6.92 Å². The highest BCUT2D eigenvalue weighted by Crippen LogP contribution is 2.47. The molecule has 1 atom stereocenters. The van der Waals surface area contributed by atoms with Gasteiger partial charge in [0.1, 0.15) is 30.5 Å². The van der Waals surface area contributed by atoms with Crippen molar-refractivity contribution in [3.63, 3.8) is 0 Å². The summed E-state index contributed by atoms with van der Waals surface area (Å²) in [5.41, 5.74) is 0.959. The van der Waals surface area contributed by atoms with Crippen molar-refractivity contribution in [2.45, 2.75) is 13.0 Å². The number of ether oxygens (including phenoxy) is 4. The van der Waals surface area contributed by atoms with Crippen LogP contribution in [0, 0.1) is 0 Å². The number of hydrogen-bond donors (Lipinski definition) is 1. The van der Waals surface area contributed by atoms with Gasteiger partial charge in [-0.05, 0) is 43.3 Å². The van der Waals surface area contributed by atoms with E-state index in [-0.39, 0.29) is 16.2 Å². The number of fused-ring (bicyclic) bond motifs is 1. The minimum atomic E-state index is -1.01. The van der Waals surface area contributed by atoms with Crippen molar-refractivity contribution in [1.82, 2.24) is 0 Å². The lowest BCUT2D eigenvalue weighted by molar-refractivity contribution is -0.132. The van der Waals surface area contributed by atoms with E-state index in [4.69, 9.17) is 30.5 Å². The first-order valence-corrected chi connectivity index (χ1v) is 12.1. The molecule has 8 nitrogen and oxygen atoms in total. The average Bonchev–Trinajstić information content (AvgIpc) is 3.19. The third-order valence-electron chi connectivity index (χ3n) is 6.19. The highest BCUT2D eigenvalue weighted by molar-refractivity contribution is 6.52. The number of Topliss-reactive ketones (excluding diaryl/α,β-unsaturated/α-hetero) is 1. The fourth-order valence-corrected chi connectivity index (χ4v) is 4.76. The van der Waals surface area contributed by atoms with E-state index in [1.54, 1.807) is 54.6 Å². The lowest BCUT2D eigenvalue weighted by atomic mass is 9.94. The number of ketones is 1. The number of aliphatic hydroxyl groups is 1. The second-order valence-electron chi connectivity index (χ2n) is 8.31. The number of aliphatic hydroxyl groups excluding tert-OH is 1. The van der Waals surface area contributed by atoms with Gasteiger partial charge in [-0.15, -0.1) is 0 Å². The SMILES string of the molecule is CCOc1ccc(Cl)c(/C(O)=C2\C(=O)C(=O)N(c3ccc4c(c3)OCCO4)C2c2ccccc2OC)c1. The van der Waals surface area contributed by atoms with E-state index in [0.717, 1.165) is 0 Å². The molecule has 0 radical (unpaired) electrons. The maximum absolute atomic E-state index is 13.5. The van der Waals surface area contributed by atoms with Crippen LogP contribution in [0.3, 0.4) is 0 Å². The molecule has 0 spiro atoms. The van der Waals surface area contributed by atoms with Gasteiger partial charge < -0.3 is 24.1 Å². The number of para-hydroxylation sites is 1. The van der Waals surface area contributed by atoms with Gasteiger partial charge in [0.2, 0.25) is 0 Å². The molecular weight excluding hydrogens is 498 g/mol. The highest BCUT2D eigenvalue weighted by atomic mass is 35.5. The maximum atomic E-state index is 13.5. The van der Waals surface area contributed by atoms with Crippen molar-refractivity contribution in [2.75, 3.05) is 31.8 Å². The topological polar surface area (TPSA) is 94.5 Å². The number of nitrogens with zero attached hydrogens (tertiary/aromatic N) is 1. The van der Waals surface area contributed by atoms with Crippen molar-refractivity contribution >= 4 is 34.7 Å². The van der Waals surface area contributed by atoms with Crippen LogP contribution in [0.4, 0.5) is 5.69 Å². The molecule has 3 aromatic carbocycles. The predicted molar refractivity (Wildman–Crippen MR) is 138 cm³/mol. The molecule has 9 heteroatoms. The van der Waals surface area contributed by atoms with Gasteiger partial charge in [0.25, 0.3) is 11.7 Å². The Labute approximate surface area is 218 Å². The predicted octanol–water partition coefficient (Wildman–Crippen LogP) is 5.14. The second-order valence-corrected chi connectivity index (χ2v) is 8.72. The Balaban J connectivity index is 1.73. The van der Waals surface area contributed by atoms with E-state index in [0.29, 0.717) is 54.1 Å². The molecule has 0 bridgehead atoms. The van der Waals surface area contributed by atoms with Crippen LogP contribution in [0.1, 0.15) is 24.1 Å². The summed E-state index contributed by atoms with van der Waals surface area (Å²) in [4.78, 5) is 28.4. The quantitative estimate of drug-likeness (QED) is 0.272. The Morgan fingerprint density at radius 1 is 1.05 bits per heavy atom. The van der Waals surface area contributed by atoms with Crippen LogP contribution in [0.25, 0.3) is 5.76 Å². The molecule has 1 saturated heterocycles. The van der Waals surface area contributed by atoms with E-state index < -0.39 is 23.5 Å². The first kappa shape index (κ1) is 24.5. The molecular formula is C28H24ClNO7. The van der Waals surface area contributed by atoms with E-state index in [2.05, 4.69) is 0 Å². The largest absolute Gasteiger partial charge is 0.507 e. The number of amides is 1. The number of methoxy groups -OCH3 is 1. The minimum absolute atomic E-state index is 0.125. The third kappa shape index (κ3) is 4.34. The average molecular weight is 522 g/mol. The Kier molecular flexibility index (Phi) is 6.67. The molecule has 0 aromatic heterocycles. The molecule has 2 heterocycles. The van der Waals surface area contributed by atoms with Gasteiger partial charge in [0.15, 0.2) is 11.5 Å². The summed E-state index contributed by atoms with van der Waals surface area (Å²) in [6, 6.07) is 15.8. The minimum Gasteiger partial charge on any atom is -0.507 e. The van der Waals surface area contributed by atoms with Crippen LogP contribution in [0.5, 0.6) is 23.0 Å². The maximum Gasteiger partial charge on any atom is 0.300 e. The zero-order valence-electron chi connectivity index (χ0n) is 20.2. The smallest absolute Gasteiger partial charge is 0.300 e. The third-order valence-corrected chi connectivity index (χ3v) is 6.52. The molecule has 0 saturated carbocycles. The Hall–Kier alpha value is -4.17. The molecule has 1 fully saturated rings. The van der Waals surface area contributed by atoms with Crippen LogP contribution < -0.4 is 23.8 Å². The molecule has 3 aromatic rings. The number of carbonyl (C=O) groups excluding carboxylic acids is 2. The summed E-state index contributed by atoms with van der Waals surface area (Å²) >= 11 is 6.42. The Morgan fingerprint density at radius 2 is 1.81 bits per heavy atom. The van der Waals surface area contributed by atoms with E-state index in [1.165, 1.54) is 18.1 Å². The van der Waals surface area contributed by atoms with Crippen LogP contribution >= 0.6 is 11.6 Å². The van der Waals surface area contributed by atoms with Gasteiger partial charge in [0, 0.05) is 22.9 Å². The van der Waals surface area contributed by atoms with Crippen molar-refractivity contribution < 1.29 is 33.6 Å². The molecule has 190 valence electrons. The van der Waals surface area contributed by atoms with Crippen LogP contribution in [-0.4, -0.2) is 43.7 Å². The van der Waals surface area contributed by atoms with Gasteiger partial charge in [-0.2, -0.15) is 0 Å². The van der Waals surface area contributed by atoms with Crippen LogP contribution in [0.2, 0.25) is 5.02 Å².